The van der Waals surface area contributed by atoms with Gasteiger partial charge in [-0.1, -0.05) is 38.1 Å². The summed E-state index contributed by atoms with van der Waals surface area (Å²) in [4.78, 5) is 19.3. The highest BCUT2D eigenvalue weighted by molar-refractivity contribution is 7.09. The zero-order chi connectivity index (χ0) is 25.4. The first kappa shape index (κ1) is 26.6. The van der Waals surface area contributed by atoms with Gasteiger partial charge in [0.25, 0.3) is 5.91 Å². The minimum absolute atomic E-state index is 0.0618. The van der Waals surface area contributed by atoms with Crippen LogP contribution in [0.25, 0.3) is 0 Å². The standard InChI is InChI=1S/C27H34FN3O3S/c1-18(2)19(3)29-27(32)23-17-35-26(30-23)16-31(15-21-8-6-7-9-22(21)28)13-12-20-10-11-24(33-4)25(14-20)34-5/h6-11,14,17-19H,12-13,15-16H2,1-5H3,(H,29,32). The predicted octanol–water partition coefficient (Wildman–Crippen LogP) is 5.32. The molecular formula is C27H34FN3O3S. The molecular weight excluding hydrogens is 465 g/mol. The quantitative estimate of drug-likeness (QED) is 0.366. The maximum Gasteiger partial charge on any atom is 0.270 e. The van der Waals surface area contributed by atoms with Gasteiger partial charge in [0.05, 0.1) is 20.8 Å². The number of nitrogens with zero attached hydrogens (tertiary/aromatic N) is 2. The van der Waals surface area contributed by atoms with E-state index in [2.05, 4.69) is 29.0 Å². The molecule has 0 aliphatic rings. The van der Waals surface area contributed by atoms with Crippen LogP contribution in [0, 0.1) is 11.7 Å². The van der Waals surface area contributed by atoms with Gasteiger partial charge in [0.2, 0.25) is 0 Å². The van der Waals surface area contributed by atoms with Gasteiger partial charge in [-0.25, -0.2) is 9.37 Å². The molecule has 0 radical (unpaired) electrons. The number of nitrogens with one attached hydrogen (secondary N) is 1. The van der Waals surface area contributed by atoms with Gasteiger partial charge < -0.3 is 14.8 Å². The second-order valence-corrected chi connectivity index (χ2v) is 9.82. The minimum atomic E-state index is -0.231. The molecule has 1 heterocycles. The number of amides is 1. The molecule has 0 fully saturated rings. The third-order valence-corrected chi connectivity index (χ3v) is 6.85. The van der Waals surface area contributed by atoms with Crippen molar-refractivity contribution in [3.63, 3.8) is 0 Å². The average molecular weight is 500 g/mol. The summed E-state index contributed by atoms with van der Waals surface area (Å²) in [7, 11) is 3.23. The average Bonchev–Trinajstić information content (AvgIpc) is 3.32. The third kappa shape index (κ3) is 7.50. The number of aromatic nitrogens is 1. The molecule has 0 bridgehead atoms. The lowest BCUT2D eigenvalue weighted by molar-refractivity contribution is 0.0925. The summed E-state index contributed by atoms with van der Waals surface area (Å²) in [5, 5.41) is 5.60. The number of carbonyl (C=O) groups excluding carboxylic acids is 1. The molecule has 0 aliphatic carbocycles. The number of thiazole rings is 1. The fourth-order valence-electron chi connectivity index (χ4n) is 3.53. The zero-order valence-electron chi connectivity index (χ0n) is 21.0. The summed E-state index contributed by atoms with van der Waals surface area (Å²) in [5.41, 5.74) is 2.13. The van der Waals surface area contributed by atoms with E-state index >= 15 is 0 Å². The number of hydrogen-bond donors (Lipinski definition) is 1. The van der Waals surface area contributed by atoms with E-state index in [0.717, 1.165) is 17.0 Å². The molecule has 1 N–H and O–H groups in total. The van der Waals surface area contributed by atoms with Gasteiger partial charge in [-0.05, 0) is 43.0 Å². The molecule has 0 saturated carbocycles. The summed E-state index contributed by atoms with van der Waals surface area (Å²) in [6.07, 6.45) is 0.736. The van der Waals surface area contributed by atoms with E-state index in [4.69, 9.17) is 9.47 Å². The summed E-state index contributed by atoms with van der Waals surface area (Å²) in [6.45, 7) is 7.74. The number of hydrogen-bond acceptors (Lipinski definition) is 6. The van der Waals surface area contributed by atoms with Crippen LogP contribution in [0.15, 0.2) is 47.8 Å². The Morgan fingerprint density at radius 3 is 2.51 bits per heavy atom. The van der Waals surface area contributed by atoms with Crippen LogP contribution in [0.4, 0.5) is 4.39 Å². The molecule has 6 nitrogen and oxygen atoms in total. The van der Waals surface area contributed by atoms with Gasteiger partial charge in [-0.2, -0.15) is 0 Å². The van der Waals surface area contributed by atoms with Crippen molar-refractivity contribution in [3.05, 3.63) is 75.5 Å². The van der Waals surface area contributed by atoms with Crippen LogP contribution in [0.1, 0.15) is 47.4 Å². The van der Waals surface area contributed by atoms with Crippen LogP contribution in [-0.4, -0.2) is 42.6 Å². The van der Waals surface area contributed by atoms with Crippen LogP contribution in [0.3, 0.4) is 0 Å². The lowest BCUT2D eigenvalue weighted by Gasteiger charge is -2.22. The Labute approximate surface area is 211 Å². The van der Waals surface area contributed by atoms with Crippen molar-refractivity contribution in [2.75, 3.05) is 20.8 Å². The van der Waals surface area contributed by atoms with Crippen LogP contribution in [0.5, 0.6) is 11.5 Å². The first-order valence-electron chi connectivity index (χ1n) is 11.7. The molecule has 8 heteroatoms. The van der Waals surface area contributed by atoms with Crippen LogP contribution >= 0.6 is 11.3 Å². The van der Waals surface area contributed by atoms with E-state index in [1.54, 1.807) is 31.7 Å². The normalized spacial score (nSPS) is 12.1. The number of rotatable bonds is 12. The van der Waals surface area contributed by atoms with E-state index < -0.39 is 0 Å². The Kier molecular flexibility index (Phi) is 9.63. The lowest BCUT2D eigenvalue weighted by atomic mass is 10.1. The predicted molar refractivity (Wildman–Crippen MR) is 138 cm³/mol. The molecule has 2 aromatic carbocycles. The molecule has 1 unspecified atom stereocenters. The maximum absolute atomic E-state index is 14.4. The minimum Gasteiger partial charge on any atom is -0.493 e. The number of ether oxygens (including phenoxy) is 2. The Morgan fingerprint density at radius 1 is 1.09 bits per heavy atom. The molecule has 1 aromatic heterocycles. The Hall–Kier alpha value is -2.97. The second-order valence-electron chi connectivity index (χ2n) is 8.87. The highest BCUT2D eigenvalue weighted by atomic mass is 32.1. The Morgan fingerprint density at radius 2 is 1.83 bits per heavy atom. The summed E-state index contributed by atoms with van der Waals surface area (Å²) < 4.78 is 25.2. The number of benzene rings is 2. The van der Waals surface area contributed by atoms with Crippen molar-refractivity contribution in [1.82, 2.24) is 15.2 Å². The first-order chi connectivity index (χ1) is 16.8. The summed E-state index contributed by atoms with van der Waals surface area (Å²) in [5.74, 6) is 1.30. The largest absolute Gasteiger partial charge is 0.493 e. The van der Waals surface area contributed by atoms with Crippen molar-refractivity contribution in [3.8, 4) is 11.5 Å². The van der Waals surface area contributed by atoms with Crippen LogP contribution < -0.4 is 14.8 Å². The smallest absolute Gasteiger partial charge is 0.270 e. The molecule has 3 rings (SSSR count). The maximum atomic E-state index is 14.4. The fraction of sp³-hybridized carbons (Fsp3) is 0.407. The van der Waals surface area contributed by atoms with Crippen LogP contribution in [0.2, 0.25) is 0 Å². The van der Waals surface area contributed by atoms with Gasteiger partial charge in [0, 0.05) is 30.1 Å². The highest BCUT2D eigenvalue weighted by Gasteiger charge is 2.18. The van der Waals surface area contributed by atoms with Gasteiger partial charge in [-0.3, -0.25) is 9.69 Å². The van der Waals surface area contributed by atoms with Gasteiger partial charge in [0.15, 0.2) is 11.5 Å². The van der Waals surface area contributed by atoms with Crippen molar-refractivity contribution in [2.24, 2.45) is 5.92 Å². The van der Waals surface area contributed by atoms with Gasteiger partial charge in [0.1, 0.15) is 16.5 Å². The monoisotopic (exact) mass is 499 g/mol. The van der Waals surface area contributed by atoms with Gasteiger partial charge in [-0.15, -0.1) is 11.3 Å². The first-order valence-corrected chi connectivity index (χ1v) is 12.6. The van der Waals surface area contributed by atoms with Crippen molar-refractivity contribution in [2.45, 2.75) is 46.3 Å². The fourth-order valence-corrected chi connectivity index (χ4v) is 4.35. The van der Waals surface area contributed by atoms with Crippen molar-refractivity contribution >= 4 is 17.2 Å². The third-order valence-electron chi connectivity index (χ3n) is 6.02. The van der Waals surface area contributed by atoms with Gasteiger partial charge >= 0.3 is 0 Å². The number of carbonyl (C=O) groups is 1. The van der Waals surface area contributed by atoms with Crippen molar-refractivity contribution < 1.29 is 18.7 Å². The number of methoxy groups -OCH3 is 2. The molecule has 3 aromatic rings. The molecule has 1 atom stereocenters. The molecule has 0 saturated heterocycles. The molecule has 0 spiro atoms. The summed E-state index contributed by atoms with van der Waals surface area (Å²) in [6, 6.07) is 12.7. The molecule has 188 valence electrons. The number of halogens is 1. The van der Waals surface area contributed by atoms with E-state index in [0.29, 0.717) is 48.3 Å². The van der Waals surface area contributed by atoms with E-state index in [9.17, 15) is 9.18 Å². The summed E-state index contributed by atoms with van der Waals surface area (Å²) >= 11 is 1.45. The van der Waals surface area contributed by atoms with Crippen LogP contribution in [-0.2, 0) is 19.5 Å². The topological polar surface area (TPSA) is 63.7 Å². The van der Waals surface area contributed by atoms with E-state index in [1.165, 1.54) is 17.4 Å². The van der Waals surface area contributed by atoms with E-state index in [1.807, 2.05) is 31.2 Å². The highest BCUT2D eigenvalue weighted by Crippen LogP contribution is 2.28. The molecule has 35 heavy (non-hydrogen) atoms. The molecule has 0 aliphatic heterocycles. The van der Waals surface area contributed by atoms with E-state index in [-0.39, 0.29) is 17.8 Å². The second kappa shape index (κ2) is 12.7. The Balaban J connectivity index is 1.74. The molecule has 1 amide bonds. The Bertz CT molecular complexity index is 1120. The van der Waals surface area contributed by atoms with Crippen molar-refractivity contribution in [1.29, 1.82) is 0 Å². The zero-order valence-corrected chi connectivity index (χ0v) is 21.8. The SMILES string of the molecule is COc1ccc(CCN(Cc2nc(C(=O)NC(C)C(C)C)cs2)Cc2ccccc2F)cc1OC. The lowest BCUT2D eigenvalue weighted by Crippen LogP contribution is -2.36.